The van der Waals surface area contributed by atoms with Gasteiger partial charge in [-0.25, -0.2) is 0 Å². The van der Waals surface area contributed by atoms with Gasteiger partial charge in [0.15, 0.2) is 0 Å². The highest BCUT2D eigenvalue weighted by Gasteiger charge is 2.35. The Morgan fingerprint density at radius 2 is 1.42 bits per heavy atom. The predicted octanol–water partition coefficient (Wildman–Crippen LogP) is 0.598. The zero-order valence-electron chi connectivity index (χ0n) is 11.2. The average molecular weight is 318 g/mol. The van der Waals surface area contributed by atoms with Crippen molar-refractivity contribution in [1.82, 2.24) is 0 Å². The SMILES string of the molecule is CCCCOS(=O)(=O)C(C)S(=O)(=O)OCCCCO. The van der Waals surface area contributed by atoms with E-state index in [1.165, 1.54) is 0 Å². The maximum atomic E-state index is 11.6. The summed E-state index contributed by atoms with van der Waals surface area (Å²) >= 11 is 0. The van der Waals surface area contributed by atoms with Crippen LogP contribution in [0.4, 0.5) is 0 Å². The summed E-state index contributed by atoms with van der Waals surface area (Å²) in [6.45, 7) is 2.61. The number of hydrogen-bond donors (Lipinski definition) is 1. The highest BCUT2D eigenvalue weighted by atomic mass is 32.3. The van der Waals surface area contributed by atoms with Gasteiger partial charge < -0.3 is 5.11 Å². The molecule has 0 radical (unpaired) electrons. The molecule has 19 heavy (non-hydrogen) atoms. The van der Waals surface area contributed by atoms with Gasteiger partial charge in [0.05, 0.1) is 13.2 Å². The topological polar surface area (TPSA) is 107 Å². The second kappa shape index (κ2) is 8.85. The number of unbranched alkanes of at least 4 members (excludes halogenated alkanes) is 2. The zero-order chi connectivity index (χ0) is 14.9. The predicted molar refractivity (Wildman–Crippen MR) is 70.4 cm³/mol. The van der Waals surface area contributed by atoms with Gasteiger partial charge in [0.25, 0.3) is 20.2 Å². The largest absolute Gasteiger partial charge is 0.396 e. The summed E-state index contributed by atoms with van der Waals surface area (Å²) in [4.78, 5) is 0. The van der Waals surface area contributed by atoms with Crippen LogP contribution in [0.15, 0.2) is 0 Å². The van der Waals surface area contributed by atoms with E-state index in [0.29, 0.717) is 19.3 Å². The van der Waals surface area contributed by atoms with Crippen LogP contribution in [0.5, 0.6) is 0 Å². The summed E-state index contributed by atoms with van der Waals surface area (Å²) in [5, 5.41) is 8.53. The van der Waals surface area contributed by atoms with Crippen molar-refractivity contribution in [3.05, 3.63) is 0 Å². The van der Waals surface area contributed by atoms with Gasteiger partial charge in [-0.1, -0.05) is 13.3 Å². The molecule has 7 nitrogen and oxygen atoms in total. The standard InChI is InChI=1S/C10H22O7S2/c1-3-4-8-16-18(12,13)10(2)19(14,15)17-9-6-5-7-11/h10-11H,3-9H2,1-2H3. The van der Waals surface area contributed by atoms with Crippen LogP contribution < -0.4 is 0 Å². The molecule has 0 rings (SSSR count). The van der Waals surface area contributed by atoms with Gasteiger partial charge in [0.1, 0.15) is 0 Å². The molecule has 0 saturated heterocycles. The molecule has 0 bridgehead atoms. The lowest BCUT2D eigenvalue weighted by atomic mass is 10.3. The van der Waals surface area contributed by atoms with Crippen molar-refractivity contribution in [2.45, 2.75) is 44.1 Å². The molecule has 0 aliphatic rings. The van der Waals surface area contributed by atoms with Gasteiger partial charge in [0.2, 0.25) is 4.58 Å². The summed E-state index contributed by atoms with van der Waals surface area (Å²) in [5.41, 5.74) is 0. The fourth-order valence-corrected chi connectivity index (χ4v) is 3.62. The molecule has 0 amide bonds. The molecule has 0 spiro atoms. The van der Waals surface area contributed by atoms with Gasteiger partial charge in [-0.2, -0.15) is 16.8 Å². The molecule has 0 aromatic rings. The third-order valence-corrected chi connectivity index (χ3v) is 6.39. The van der Waals surface area contributed by atoms with E-state index >= 15 is 0 Å². The van der Waals surface area contributed by atoms with Crippen LogP contribution in [0.2, 0.25) is 0 Å². The van der Waals surface area contributed by atoms with Crippen molar-refractivity contribution in [3.8, 4) is 0 Å². The molecule has 0 saturated carbocycles. The monoisotopic (exact) mass is 318 g/mol. The van der Waals surface area contributed by atoms with Gasteiger partial charge in [-0.3, -0.25) is 8.37 Å². The molecule has 0 heterocycles. The van der Waals surface area contributed by atoms with Crippen molar-refractivity contribution in [3.63, 3.8) is 0 Å². The molecule has 1 unspecified atom stereocenters. The van der Waals surface area contributed by atoms with E-state index in [1.54, 1.807) is 0 Å². The van der Waals surface area contributed by atoms with Gasteiger partial charge in [-0.05, 0) is 26.2 Å². The Balaban J connectivity index is 4.46. The summed E-state index contributed by atoms with van der Waals surface area (Å²) in [5.74, 6) is 0. The lowest BCUT2D eigenvalue weighted by molar-refractivity contribution is 0.253. The smallest absolute Gasteiger partial charge is 0.287 e. The molecule has 0 aromatic carbocycles. The Morgan fingerprint density at radius 1 is 0.947 bits per heavy atom. The van der Waals surface area contributed by atoms with E-state index in [1.807, 2.05) is 6.92 Å². The molecule has 116 valence electrons. The molecule has 1 atom stereocenters. The van der Waals surface area contributed by atoms with Crippen molar-refractivity contribution < 1.29 is 30.3 Å². The Bertz CT molecular complexity index is 427. The maximum Gasteiger partial charge on any atom is 0.287 e. The van der Waals surface area contributed by atoms with Crippen molar-refractivity contribution >= 4 is 20.2 Å². The second-order valence-corrected chi connectivity index (χ2v) is 8.14. The van der Waals surface area contributed by atoms with E-state index in [-0.39, 0.29) is 19.8 Å². The van der Waals surface area contributed by atoms with Crippen LogP contribution >= 0.6 is 0 Å². The third-order valence-electron chi connectivity index (χ3n) is 2.36. The van der Waals surface area contributed by atoms with Crippen molar-refractivity contribution in [2.24, 2.45) is 0 Å². The molecular formula is C10H22O7S2. The Labute approximate surface area is 115 Å². The molecule has 0 aliphatic carbocycles. The number of hydrogen-bond acceptors (Lipinski definition) is 7. The summed E-state index contributed by atoms with van der Waals surface area (Å²) in [7, 11) is -8.43. The Hall–Kier alpha value is -0.220. The van der Waals surface area contributed by atoms with E-state index < -0.39 is 24.8 Å². The lowest BCUT2D eigenvalue weighted by Gasteiger charge is -2.13. The van der Waals surface area contributed by atoms with E-state index in [2.05, 4.69) is 8.37 Å². The maximum absolute atomic E-state index is 11.6. The van der Waals surface area contributed by atoms with E-state index in [4.69, 9.17) is 5.11 Å². The first kappa shape index (κ1) is 18.8. The third kappa shape index (κ3) is 7.21. The van der Waals surface area contributed by atoms with Crippen LogP contribution in [0.25, 0.3) is 0 Å². The van der Waals surface area contributed by atoms with Crippen molar-refractivity contribution in [1.29, 1.82) is 0 Å². The first-order valence-corrected chi connectivity index (χ1v) is 9.09. The summed E-state index contributed by atoms with van der Waals surface area (Å²) in [6, 6.07) is 0. The van der Waals surface area contributed by atoms with Gasteiger partial charge in [-0.15, -0.1) is 0 Å². The lowest BCUT2D eigenvalue weighted by Crippen LogP contribution is -2.31. The quantitative estimate of drug-likeness (QED) is 0.439. The Morgan fingerprint density at radius 3 is 1.84 bits per heavy atom. The minimum absolute atomic E-state index is 0.0385. The Kier molecular flexibility index (Phi) is 8.75. The normalized spacial score (nSPS) is 14.5. The van der Waals surface area contributed by atoms with Crippen LogP contribution in [0.1, 0.15) is 39.5 Å². The average Bonchev–Trinajstić information content (AvgIpc) is 2.34. The number of aliphatic hydroxyl groups excluding tert-OH is 1. The van der Waals surface area contributed by atoms with Gasteiger partial charge in [0, 0.05) is 6.61 Å². The molecular weight excluding hydrogens is 296 g/mol. The van der Waals surface area contributed by atoms with Crippen LogP contribution in [0.3, 0.4) is 0 Å². The van der Waals surface area contributed by atoms with E-state index in [0.717, 1.165) is 13.3 Å². The highest BCUT2D eigenvalue weighted by Crippen LogP contribution is 2.14. The van der Waals surface area contributed by atoms with Crippen LogP contribution in [0, 0.1) is 0 Å². The molecule has 0 aromatic heterocycles. The summed E-state index contributed by atoms with van der Waals surface area (Å²) in [6.07, 6.45) is 2.00. The molecule has 0 fully saturated rings. The second-order valence-electron chi connectivity index (χ2n) is 3.98. The first-order chi connectivity index (χ1) is 8.78. The molecule has 1 N–H and O–H groups in total. The number of rotatable bonds is 11. The van der Waals surface area contributed by atoms with Crippen molar-refractivity contribution in [2.75, 3.05) is 19.8 Å². The fraction of sp³-hybridized carbons (Fsp3) is 1.00. The minimum atomic E-state index is -4.23. The van der Waals surface area contributed by atoms with E-state index in [9.17, 15) is 16.8 Å². The van der Waals surface area contributed by atoms with Crippen LogP contribution in [-0.2, 0) is 28.6 Å². The van der Waals surface area contributed by atoms with Gasteiger partial charge >= 0.3 is 0 Å². The number of aliphatic hydroxyl groups is 1. The fourth-order valence-electron chi connectivity index (χ4n) is 1.04. The highest BCUT2D eigenvalue weighted by molar-refractivity contribution is 8.04. The van der Waals surface area contributed by atoms with Crippen LogP contribution in [-0.4, -0.2) is 46.3 Å². The minimum Gasteiger partial charge on any atom is -0.396 e. The first-order valence-electron chi connectivity index (χ1n) is 6.15. The molecule has 0 aliphatic heterocycles. The zero-order valence-corrected chi connectivity index (χ0v) is 12.9. The molecule has 9 heteroatoms. The summed E-state index contributed by atoms with van der Waals surface area (Å²) < 4.78 is 53.9.